The Hall–Kier alpha value is -1.63. The quantitative estimate of drug-likeness (QED) is 0.910. The van der Waals surface area contributed by atoms with Gasteiger partial charge in [0.1, 0.15) is 5.69 Å². The Kier molecular flexibility index (Phi) is 7.00. The second kappa shape index (κ2) is 8.29. The molecule has 1 aliphatic rings. The third kappa shape index (κ3) is 4.02. The van der Waals surface area contributed by atoms with Gasteiger partial charge in [-0.05, 0) is 44.0 Å². The number of carbonyl (C=O) groups excluding carboxylic acids is 1. The minimum absolute atomic E-state index is 0. The van der Waals surface area contributed by atoms with E-state index in [1.54, 1.807) is 23.1 Å². The van der Waals surface area contributed by atoms with Gasteiger partial charge in [0.05, 0.1) is 5.69 Å². The van der Waals surface area contributed by atoms with E-state index >= 15 is 0 Å². The fourth-order valence-corrected chi connectivity index (χ4v) is 2.84. The Labute approximate surface area is 147 Å². The van der Waals surface area contributed by atoms with Crippen LogP contribution >= 0.6 is 24.8 Å². The number of carbonyl (C=O) groups is 1. The molecule has 1 aliphatic heterocycles. The zero-order valence-electron chi connectivity index (χ0n) is 12.8. The number of amides is 1. The number of hydrogen-bond donors (Lipinski definition) is 1. The van der Waals surface area contributed by atoms with Gasteiger partial charge in [-0.3, -0.25) is 9.78 Å². The van der Waals surface area contributed by atoms with Crippen molar-refractivity contribution in [2.24, 2.45) is 11.7 Å². The molecule has 6 nitrogen and oxygen atoms in total. The van der Waals surface area contributed by atoms with Crippen molar-refractivity contribution in [2.75, 3.05) is 13.1 Å². The molecule has 0 bridgehead atoms. The minimum Gasteiger partial charge on any atom is -0.334 e. The molecule has 2 aromatic rings. The average Bonchev–Trinajstić information content (AvgIpc) is 3.16. The second-order valence-corrected chi connectivity index (χ2v) is 5.49. The molecule has 2 unspecified atom stereocenters. The molecule has 1 fully saturated rings. The smallest absolute Gasteiger partial charge is 0.272 e. The molecule has 126 valence electrons. The Morgan fingerprint density at radius 1 is 1.39 bits per heavy atom. The Morgan fingerprint density at radius 3 is 2.78 bits per heavy atom. The van der Waals surface area contributed by atoms with Crippen molar-refractivity contribution >= 4 is 30.7 Å². The van der Waals surface area contributed by atoms with Crippen molar-refractivity contribution in [3.63, 3.8) is 0 Å². The first-order valence-corrected chi connectivity index (χ1v) is 7.16. The summed E-state index contributed by atoms with van der Waals surface area (Å²) in [6, 6.07) is 5.66. The Morgan fingerprint density at radius 2 is 2.17 bits per heavy atom. The van der Waals surface area contributed by atoms with Crippen LogP contribution < -0.4 is 5.73 Å². The number of nitrogens with zero attached hydrogens (tertiary/aromatic N) is 4. The molecule has 0 saturated carbocycles. The van der Waals surface area contributed by atoms with Crippen LogP contribution in [0, 0.1) is 5.92 Å². The van der Waals surface area contributed by atoms with Gasteiger partial charge in [-0.2, -0.15) is 5.10 Å². The molecule has 2 aromatic heterocycles. The summed E-state index contributed by atoms with van der Waals surface area (Å²) in [5.74, 6) is 0.353. The van der Waals surface area contributed by atoms with Gasteiger partial charge in [-0.1, -0.05) is 0 Å². The molecule has 2 N–H and O–H groups in total. The summed E-state index contributed by atoms with van der Waals surface area (Å²) < 4.78 is 1.72. The first-order chi connectivity index (χ1) is 10.2. The summed E-state index contributed by atoms with van der Waals surface area (Å²) in [5.41, 5.74) is 7.01. The fourth-order valence-electron chi connectivity index (χ4n) is 2.84. The van der Waals surface area contributed by atoms with E-state index in [2.05, 4.69) is 17.0 Å². The number of likely N-dealkylation sites (tertiary alicyclic amines) is 1. The normalized spacial score (nSPS) is 19.8. The van der Waals surface area contributed by atoms with Crippen LogP contribution in [0.25, 0.3) is 5.69 Å². The maximum absolute atomic E-state index is 12.6. The zero-order valence-corrected chi connectivity index (χ0v) is 14.5. The second-order valence-electron chi connectivity index (χ2n) is 5.49. The molecular formula is C15H21Cl2N5O. The van der Waals surface area contributed by atoms with Crippen LogP contribution in [0.3, 0.4) is 0 Å². The van der Waals surface area contributed by atoms with Crippen molar-refractivity contribution < 1.29 is 4.79 Å². The molecule has 8 heteroatoms. The largest absolute Gasteiger partial charge is 0.334 e. The lowest BCUT2D eigenvalue weighted by Gasteiger charge is -2.21. The summed E-state index contributed by atoms with van der Waals surface area (Å²) in [7, 11) is 0. The summed E-state index contributed by atoms with van der Waals surface area (Å²) >= 11 is 0. The molecule has 2 atom stereocenters. The van der Waals surface area contributed by atoms with E-state index in [0.29, 0.717) is 24.7 Å². The van der Waals surface area contributed by atoms with E-state index in [-0.39, 0.29) is 36.8 Å². The highest BCUT2D eigenvalue weighted by Crippen LogP contribution is 2.24. The molecular weight excluding hydrogens is 337 g/mol. The average molecular weight is 358 g/mol. The van der Waals surface area contributed by atoms with Crippen LogP contribution in [-0.4, -0.2) is 44.7 Å². The summed E-state index contributed by atoms with van der Waals surface area (Å²) in [6.07, 6.45) is 6.15. The SMILES string of the molecule is CC1CC(CN)CN1C(=O)c1cc(-n2cccn2)ccn1.Cl.Cl. The van der Waals surface area contributed by atoms with Gasteiger partial charge < -0.3 is 10.6 Å². The Balaban J connectivity index is 0.00000132. The monoisotopic (exact) mass is 357 g/mol. The number of aromatic nitrogens is 3. The van der Waals surface area contributed by atoms with Gasteiger partial charge >= 0.3 is 0 Å². The Bertz CT molecular complexity index is 635. The number of hydrogen-bond acceptors (Lipinski definition) is 4. The minimum atomic E-state index is -0.0348. The number of halogens is 2. The van der Waals surface area contributed by atoms with E-state index in [9.17, 15) is 4.79 Å². The lowest BCUT2D eigenvalue weighted by molar-refractivity contribution is 0.0737. The van der Waals surface area contributed by atoms with Crippen molar-refractivity contribution in [3.05, 3.63) is 42.5 Å². The first kappa shape index (κ1) is 19.4. The molecule has 0 aliphatic carbocycles. The van der Waals surface area contributed by atoms with Crippen LogP contribution in [0.2, 0.25) is 0 Å². The molecule has 1 saturated heterocycles. The van der Waals surface area contributed by atoms with Gasteiger partial charge in [-0.25, -0.2) is 4.68 Å². The molecule has 0 radical (unpaired) electrons. The molecule has 23 heavy (non-hydrogen) atoms. The highest BCUT2D eigenvalue weighted by Gasteiger charge is 2.32. The van der Waals surface area contributed by atoms with Crippen LogP contribution in [-0.2, 0) is 0 Å². The standard InChI is InChI=1S/C15H19N5O.2ClH/c1-11-7-12(9-16)10-19(11)15(21)14-8-13(3-5-17-14)20-6-2-4-18-20;;/h2-6,8,11-12H,7,9-10,16H2,1H3;2*1H. The maximum atomic E-state index is 12.6. The number of nitrogens with two attached hydrogens (primary N) is 1. The van der Waals surface area contributed by atoms with E-state index < -0.39 is 0 Å². The highest BCUT2D eigenvalue weighted by atomic mass is 35.5. The van der Waals surface area contributed by atoms with Crippen LogP contribution in [0.1, 0.15) is 23.8 Å². The van der Waals surface area contributed by atoms with E-state index in [4.69, 9.17) is 5.73 Å². The van der Waals surface area contributed by atoms with E-state index in [1.807, 2.05) is 23.2 Å². The van der Waals surface area contributed by atoms with E-state index in [0.717, 1.165) is 12.1 Å². The molecule has 0 spiro atoms. The van der Waals surface area contributed by atoms with Crippen molar-refractivity contribution in [1.29, 1.82) is 0 Å². The lowest BCUT2D eigenvalue weighted by atomic mass is 10.1. The number of pyridine rings is 1. The van der Waals surface area contributed by atoms with Crippen molar-refractivity contribution in [3.8, 4) is 5.69 Å². The zero-order chi connectivity index (χ0) is 14.8. The lowest BCUT2D eigenvalue weighted by Crippen LogP contribution is -2.35. The molecule has 3 heterocycles. The van der Waals surface area contributed by atoms with Crippen LogP contribution in [0.4, 0.5) is 0 Å². The van der Waals surface area contributed by atoms with E-state index in [1.165, 1.54) is 0 Å². The first-order valence-electron chi connectivity index (χ1n) is 7.16. The predicted octanol–water partition coefficient (Wildman–Crippen LogP) is 1.92. The van der Waals surface area contributed by atoms with Gasteiger partial charge in [0, 0.05) is 31.2 Å². The van der Waals surface area contributed by atoms with Crippen LogP contribution in [0.5, 0.6) is 0 Å². The van der Waals surface area contributed by atoms with Gasteiger partial charge in [-0.15, -0.1) is 24.8 Å². The predicted molar refractivity (Wildman–Crippen MR) is 93.5 cm³/mol. The summed E-state index contributed by atoms with van der Waals surface area (Å²) in [4.78, 5) is 18.7. The van der Waals surface area contributed by atoms with Gasteiger partial charge in [0.25, 0.3) is 5.91 Å². The summed E-state index contributed by atoms with van der Waals surface area (Å²) in [6.45, 7) is 3.39. The molecule has 3 rings (SSSR count). The highest BCUT2D eigenvalue weighted by molar-refractivity contribution is 5.93. The van der Waals surface area contributed by atoms with Crippen molar-refractivity contribution in [2.45, 2.75) is 19.4 Å². The molecule has 0 aromatic carbocycles. The number of rotatable bonds is 3. The molecule has 1 amide bonds. The fraction of sp³-hybridized carbons (Fsp3) is 0.400. The van der Waals surface area contributed by atoms with Gasteiger partial charge in [0.15, 0.2) is 0 Å². The summed E-state index contributed by atoms with van der Waals surface area (Å²) in [5, 5.41) is 4.17. The van der Waals surface area contributed by atoms with Crippen LogP contribution in [0.15, 0.2) is 36.8 Å². The third-order valence-electron chi connectivity index (χ3n) is 3.99. The van der Waals surface area contributed by atoms with Crippen molar-refractivity contribution in [1.82, 2.24) is 19.7 Å². The topological polar surface area (TPSA) is 77.0 Å². The third-order valence-corrected chi connectivity index (χ3v) is 3.99. The maximum Gasteiger partial charge on any atom is 0.272 e. The van der Waals surface area contributed by atoms with Gasteiger partial charge in [0.2, 0.25) is 0 Å².